The van der Waals surface area contributed by atoms with Crippen LogP contribution in [0.3, 0.4) is 0 Å². The molecule has 0 aliphatic carbocycles. The molecular formula is C26H24ClF4N10O2. The highest BCUT2D eigenvalue weighted by atomic mass is 35.5. The molecule has 0 bridgehead atoms. The summed E-state index contributed by atoms with van der Waals surface area (Å²) >= 11 is 6.05. The lowest BCUT2D eigenvalue weighted by atomic mass is 9.94. The number of aromatic nitrogens is 8. The maximum absolute atomic E-state index is 15.4. The van der Waals surface area contributed by atoms with E-state index in [9.17, 15) is 18.4 Å². The number of alkyl halides is 3. The smallest absolute Gasteiger partial charge is 0.436 e. The molecule has 4 aromatic rings. The maximum atomic E-state index is 15.4. The summed E-state index contributed by atoms with van der Waals surface area (Å²) in [6, 6.07) is 1.29. The van der Waals surface area contributed by atoms with Crippen molar-refractivity contribution in [2.75, 3.05) is 13.2 Å². The molecule has 3 aromatic heterocycles. The molecular weight excluding hydrogens is 596 g/mol. The molecule has 2 aliphatic rings. The SMILES string of the molecule is Cn1ncnc1-c1cnn(C(CC2CN[CH]CO2)C2C=CC(c3c(-n4cc(C(F)(F)F)nn4)ccc(Cl)c3F)=C[NH+]2[O-])c1. The zero-order chi connectivity index (χ0) is 30.3. The second-order valence-corrected chi connectivity index (χ2v) is 10.4. The number of allylic oxidation sites excluding steroid dienone is 2. The Labute approximate surface area is 246 Å². The van der Waals surface area contributed by atoms with Crippen LogP contribution in [-0.2, 0) is 18.0 Å². The molecule has 4 unspecified atom stereocenters. The van der Waals surface area contributed by atoms with E-state index in [1.807, 2.05) is 0 Å². The number of hydrogen-bond acceptors (Lipinski definition) is 8. The molecule has 5 heterocycles. The third kappa shape index (κ3) is 5.83. The summed E-state index contributed by atoms with van der Waals surface area (Å²) < 4.78 is 65.0. The van der Waals surface area contributed by atoms with Crippen molar-refractivity contribution in [2.45, 2.75) is 30.8 Å². The van der Waals surface area contributed by atoms with Gasteiger partial charge in [-0.25, -0.2) is 18.7 Å². The normalized spacial score (nSPS) is 21.7. The fourth-order valence-electron chi connectivity index (χ4n) is 5.14. The van der Waals surface area contributed by atoms with Crippen LogP contribution in [0, 0.1) is 17.6 Å². The monoisotopic (exact) mass is 619 g/mol. The minimum absolute atomic E-state index is 0.0677. The second kappa shape index (κ2) is 11.6. The van der Waals surface area contributed by atoms with Gasteiger partial charge in [0, 0.05) is 38.3 Å². The van der Waals surface area contributed by atoms with Gasteiger partial charge in [0.05, 0.1) is 46.9 Å². The van der Waals surface area contributed by atoms with Gasteiger partial charge in [0.25, 0.3) is 0 Å². The maximum Gasteiger partial charge on any atom is 0.436 e. The molecule has 1 radical (unpaired) electrons. The number of ether oxygens (including phenoxy) is 1. The Balaban J connectivity index is 1.34. The number of aryl methyl sites for hydroxylation is 1. The van der Waals surface area contributed by atoms with E-state index in [2.05, 4.69) is 30.8 Å². The molecule has 0 spiro atoms. The van der Waals surface area contributed by atoms with Gasteiger partial charge in [-0.05, 0) is 24.3 Å². The number of quaternary nitrogens is 1. The lowest BCUT2D eigenvalue weighted by Crippen LogP contribution is -3.08. The quantitative estimate of drug-likeness (QED) is 0.239. The number of nitrogens with zero attached hydrogens (tertiary/aromatic N) is 8. The molecule has 225 valence electrons. The van der Waals surface area contributed by atoms with Crippen molar-refractivity contribution in [1.29, 1.82) is 0 Å². The van der Waals surface area contributed by atoms with E-state index in [0.717, 1.165) is 4.68 Å². The summed E-state index contributed by atoms with van der Waals surface area (Å²) in [5, 5.41) is 31.5. The van der Waals surface area contributed by atoms with Gasteiger partial charge >= 0.3 is 6.18 Å². The predicted molar refractivity (Wildman–Crippen MR) is 144 cm³/mol. The standard InChI is InChI=1S/C26H24ClF4N10O2/c1-38-25(33-14-35-38)16-9-34-39(11-16)21(8-17-10-32-6-7-43-17)19-4-2-15(12-41(19)42)23-20(5-3-18(27)24(23)28)40-13-22(36-37-40)26(29,30)31/h2-6,9,11-14,17,19,21,32,41H,7-8,10H2,1H3. The number of hydroxylamine groups is 2. The molecule has 0 saturated carbocycles. The summed E-state index contributed by atoms with van der Waals surface area (Å²) in [4.78, 5) is 4.26. The molecule has 43 heavy (non-hydrogen) atoms. The Kier molecular flexibility index (Phi) is 7.87. The third-order valence-corrected chi connectivity index (χ3v) is 7.53. The lowest BCUT2D eigenvalue weighted by molar-refractivity contribution is -0.817. The van der Waals surface area contributed by atoms with E-state index >= 15 is 4.39 Å². The molecule has 1 saturated heterocycles. The Bertz CT molecular complexity index is 1670. The van der Waals surface area contributed by atoms with Crippen molar-refractivity contribution >= 4 is 17.2 Å². The van der Waals surface area contributed by atoms with Crippen LogP contribution >= 0.6 is 11.6 Å². The molecule has 4 atom stereocenters. The number of nitrogens with one attached hydrogen (secondary N) is 2. The van der Waals surface area contributed by atoms with Gasteiger partial charge in [-0.3, -0.25) is 4.68 Å². The highest BCUT2D eigenvalue weighted by molar-refractivity contribution is 6.31. The van der Waals surface area contributed by atoms with Gasteiger partial charge in [-0.2, -0.15) is 23.4 Å². The molecule has 2 N–H and O–H groups in total. The van der Waals surface area contributed by atoms with Crippen LogP contribution in [0.5, 0.6) is 0 Å². The fraction of sp³-hybridized carbons (Fsp3) is 0.308. The van der Waals surface area contributed by atoms with E-state index in [1.165, 1.54) is 24.7 Å². The van der Waals surface area contributed by atoms with E-state index in [4.69, 9.17) is 16.3 Å². The van der Waals surface area contributed by atoms with Gasteiger partial charge in [-0.15, -0.1) is 5.10 Å². The first-order chi connectivity index (χ1) is 20.6. The van der Waals surface area contributed by atoms with Crippen LogP contribution in [-0.4, -0.2) is 64.8 Å². The zero-order valence-electron chi connectivity index (χ0n) is 22.4. The first kappa shape index (κ1) is 29.1. The van der Waals surface area contributed by atoms with Crippen molar-refractivity contribution in [3.63, 3.8) is 0 Å². The first-order valence-corrected chi connectivity index (χ1v) is 13.4. The molecule has 12 nitrogen and oxygen atoms in total. The topological polar surface area (TPSA) is 128 Å². The number of halogens is 5. The van der Waals surface area contributed by atoms with Crippen LogP contribution in [0.15, 0.2) is 55.4 Å². The lowest BCUT2D eigenvalue weighted by Gasteiger charge is -2.37. The van der Waals surface area contributed by atoms with Crippen LogP contribution in [0.4, 0.5) is 17.6 Å². The van der Waals surface area contributed by atoms with Gasteiger partial charge in [0.2, 0.25) is 0 Å². The van der Waals surface area contributed by atoms with Crippen molar-refractivity contribution in [3.05, 3.63) is 89.3 Å². The number of rotatable bonds is 7. The van der Waals surface area contributed by atoms with Crippen LogP contribution in [0.2, 0.25) is 5.02 Å². The summed E-state index contributed by atoms with van der Waals surface area (Å²) in [6.07, 6.45) is 5.33. The van der Waals surface area contributed by atoms with E-state index < -0.39 is 29.8 Å². The zero-order valence-corrected chi connectivity index (χ0v) is 23.2. The Morgan fingerprint density at radius 2 is 2.09 bits per heavy atom. The molecule has 1 fully saturated rings. The largest absolute Gasteiger partial charge is 0.629 e. The predicted octanol–water partition coefficient (Wildman–Crippen LogP) is 2.51. The van der Waals surface area contributed by atoms with Crippen molar-refractivity contribution in [2.24, 2.45) is 7.05 Å². The Morgan fingerprint density at radius 3 is 2.77 bits per heavy atom. The van der Waals surface area contributed by atoms with Gasteiger partial charge in [-0.1, -0.05) is 16.8 Å². The number of morpholine rings is 1. The Hall–Kier alpha value is -3.96. The summed E-state index contributed by atoms with van der Waals surface area (Å²) in [5.41, 5.74) is -0.699. The van der Waals surface area contributed by atoms with Gasteiger partial charge in [0.15, 0.2) is 17.3 Å². The minimum atomic E-state index is -4.75. The molecule has 0 amide bonds. The van der Waals surface area contributed by atoms with Crippen molar-refractivity contribution < 1.29 is 27.4 Å². The van der Waals surface area contributed by atoms with Crippen molar-refractivity contribution in [3.8, 4) is 17.1 Å². The molecule has 1 aromatic carbocycles. The summed E-state index contributed by atoms with van der Waals surface area (Å²) in [7, 11) is 1.75. The van der Waals surface area contributed by atoms with Crippen molar-refractivity contribution in [1.82, 2.24) is 44.9 Å². The molecule has 17 heteroatoms. The van der Waals surface area contributed by atoms with Crippen LogP contribution in [0.25, 0.3) is 22.6 Å². The summed E-state index contributed by atoms with van der Waals surface area (Å²) in [5.74, 6) is -0.325. The third-order valence-electron chi connectivity index (χ3n) is 7.24. The highest BCUT2D eigenvalue weighted by Gasteiger charge is 2.36. The first-order valence-electron chi connectivity index (χ1n) is 13.1. The molecule has 2 aliphatic heterocycles. The van der Waals surface area contributed by atoms with E-state index in [0.29, 0.717) is 37.2 Å². The Morgan fingerprint density at radius 1 is 1.26 bits per heavy atom. The van der Waals surface area contributed by atoms with Crippen LogP contribution < -0.4 is 10.4 Å². The van der Waals surface area contributed by atoms with E-state index in [1.54, 1.807) is 47.5 Å². The highest BCUT2D eigenvalue weighted by Crippen LogP contribution is 2.34. The van der Waals surface area contributed by atoms with Gasteiger partial charge in [0.1, 0.15) is 24.6 Å². The average molecular weight is 620 g/mol. The minimum Gasteiger partial charge on any atom is -0.629 e. The fourth-order valence-corrected chi connectivity index (χ4v) is 5.30. The summed E-state index contributed by atoms with van der Waals surface area (Å²) in [6.45, 7) is 2.74. The second-order valence-electron chi connectivity index (χ2n) is 9.98. The molecule has 6 rings (SSSR count). The average Bonchev–Trinajstić information content (AvgIpc) is 3.75. The van der Waals surface area contributed by atoms with Crippen LogP contribution in [0.1, 0.15) is 23.7 Å². The number of benzene rings is 1. The number of hydrogen-bond donors (Lipinski definition) is 2. The van der Waals surface area contributed by atoms with Gasteiger partial charge < -0.3 is 20.3 Å². The van der Waals surface area contributed by atoms with E-state index in [-0.39, 0.29) is 33.0 Å².